The number of nitrogens with zero attached hydrogens (tertiary/aromatic N) is 3. The van der Waals surface area contributed by atoms with Gasteiger partial charge in [-0.2, -0.15) is 0 Å². The number of halogens is 2. The van der Waals surface area contributed by atoms with Crippen molar-refractivity contribution < 1.29 is 13.9 Å². The Bertz CT molecular complexity index is 1050. The third kappa shape index (κ3) is 3.13. The van der Waals surface area contributed by atoms with E-state index in [9.17, 15) is 9.18 Å². The summed E-state index contributed by atoms with van der Waals surface area (Å²) in [7, 11) is 0. The van der Waals surface area contributed by atoms with Crippen molar-refractivity contribution in [1.29, 1.82) is 0 Å². The molecule has 0 bridgehead atoms. The molecule has 0 atom stereocenters. The first-order chi connectivity index (χ1) is 12.5. The van der Waals surface area contributed by atoms with Gasteiger partial charge in [0.05, 0.1) is 12.2 Å². The highest BCUT2D eigenvalue weighted by Crippen LogP contribution is 2.32. The van der Waals surface area contributed by atoms with E-state index in [4.69, 9.17) is 21.1 Å². The number of aryl methyl sites for hydroxylation is 1. The van der Waals surface area contributed by atoms with Gasteiger partial charge in [-0.05, 0) is 48.4 Å². The summed E-state index contributed by atoms with van der Waals surface area (Å²) in [5, 5.41) is 0.0638. The number of hydrogen-bond acceptors (Lipinski definition) is 5. The van der Waals surface area contributed by atoms with Gasteiger partial charge in [0.2, 0.25) is 12.1 Å². The average Bonchev–Trinajstić information content (AvgIpc) is 3.05. The summed E-state index contributed by atoms with van der Waals surface area (Å²) >= 11 is 5.88. The highest BCUT2D eigenvalue weighted by molar-refractivity contribution is 6.28. The molecule has 3 aromatic rings. The van der Waals surface area contributed by atoms with Gasteiger partial charge in [0.25, 0.3) is 5.56 Å². The predicted octanol–water partition coefficient (Wildman–Crippen LogP) is 3.18. The summed E-state index contributed by atoms with van der Waals surface area (Å²) in [5.41, 5.74) is 1.60. The Balaban J connectivity index is 1.74. The van der Waals surface area contributed by atoms with Crippen LogP contribution in [-0.2, 0) is 6.54 Å². The minimum absolute atomic E-state index is 0.0638. The van der Waals surface area contributed by atoms with E-state index in [1.165, 1.54) is 4.57 Å². The number of benzene rings is 1. The van der Waals surface area contributed by atoms with Crippen LogP contribution in [0.3, 0.4) is 0 Å². The fourth-order valence-electron chi connectivity index (χ4n) is 2.77. The lowest BCUT2D eigenvalue weighted by Gasteiger charge is -2.10. The van der Waals surface area contributed by atoms with E-state index in [0.29, 0.717) is 28.5 Å². The molecule has 8 heteroatoms. The molecule has 0 N–H and O–H groups in total. The molecule has 0 amide bonds. The number of ether oxygens (including phenoxy) is 2. The number of fused-ring (bicyclic) bond motifs is 1. The van der Waals surface area contributed by atoms with E-state index in [1.54, 1.807) is 37.4 Å². The van der Waals surface area contributed by atoms with Crippen LogP contribution in [0.5, 0.6) is 11.5 Å². The van der Waals surface area contributed by atoms with Crippen LogP contribution in [0.25, 0.3) is 11.3 Å². The topological polar surface area (TPSA) is 66.2 Å². The van der Waals surface area contributed by atoms with Gasteiger partial charge in [-0.3, -0.25) is 4.79 Å². The van der Waals surface area contributed by atoms with Crippen molar-refractivity contribution in [3.05, 3.63) is 69.2 Å². The van der Waals surface area contributed by atoms with Crippen molar-refractivity contribution in [2.75, 3.05) is 6.79 Å². The molecule has 0 radical (unpaired) electrons. The van der Waals surface area contributed by atoms with Crippen LogP contribution in [0.1, 0.15) is 11.3 Å². The van der Waals surface area contributed by atoms with Crippen LogP contribution in [0, 0.1) is 12.7 Å². The van der Waals surface area contributed by atoms with Gasteiger partial charge in [0, 0.05) is 17.5 Å². The minimum atomic E-state index is -0.865. The average molecular weight is 374 g/mol. The molecule has 132 valence electrons. The molecule has 3 heterocycles. The summed E-state index contributed by atoms with van der Waals surface area (Å²) in [6.45, 7) is 2.10. The highest BCUT2D eigenvalue weighted by atomic mass is 35.5. The van der Waals surface area contributed by atoms with Gasteiger partial charge in [0.15, 0.2) is 17.3 Å². The lowest BCUT2D eigenvalue weighted by molar-refractivity contribution is 0.174. The summed E-state index contributed by atoms with van der Waals surface area (Å²) in [6, 6.07) is 8.16. The van der Waals surface area contributed by atoms with E-state index in [1.807, 2.05) is 0 Å². The quantitative estimate of drug-likeness (QED) is 0.660. The smallest absolute Gasteiger partial charge is 0.286 e. The molecular formula is C18H13ClFN3O3. The maximum absolute atomic E-state index is 14.2. The molecule has 0 spiro atoms. The minimum Gasteiger partial charge on any atom is -0.454 e. The molecular weight excluding hydrogens is 361 g/mol. The summed E-state index contributed by atoms with van der Waals surface area (Å²) in [4.78, 5) is 20.3. The van der Waals surface area contributed by atoms with Crippen molar-refractivity contribution in [2.45, 2.75) is 13.5 Å². The molecule has 2 aromatic heterocycles. The third-order valence-corrected chi connectivity index (χ3v) is 4.12. The number of hydrogen-bond donors (Lipinski definition) is 0. The molecule has 0 aliphatic carbocycles. The molecule has 0 unspecified atom stereocenters. The fourth-order valence-corrected chi connectivity index (χ4v) is 3.00. The SMILES string of the molecule is Cc1cc(-c2cc(F)c(=O)n(Cc3ccc4c(c3)OCO4)c2)nc(Cl)n1. The number of pyridine rings is 1. The van der Waals surface area contributed by atoms with E-state index in [-0.39, 0.29) is 18.6 Å². The Kier molecular flexibility index (Phi) is 4.08. The van der Waals surface area contributed by atoms with Crippen LogP contribution in [0.15, 0.2) is 41.3 Å². The van der Waals surface area contributed by atoms with Crippen LogP contribution < -0.4 is 15.0 Å². The molecule has 0 fully saturated rings. The fraction of sp³-hybridized carbons (Fsp3) is 0.167. The maximum atomic E-state index is 14.2. The Morgan fingerprint density at radius 2 is 2.00 bits per heavy atom. The zero-order chi connectivity index (χ0) is 18.3. The standard InChI is InChI=1S/C18H13ClFN3O3/c1-10-4-14(22-18(19)21-10)12-6-13(20)17(24)23(8-12)7-11-2-3-15-16(5-11)26-9-25-15/h2-6,8H,7,9H2,1H3. The van der Waals surface area contributed by atoms with Crippen LogP contribution in [0.4, 0.5) is 4.39 Å². The van der Waals surface area contributed by atoms with E-state index in [2.05, 4.69) is 9.97 Å². The molecule has 0 saturated heterocycles. The summed E-state index contributed by atoms with van der Waals surface area (Å²) in [5.74, 6) is 0.383. The first-order valence-electron chi connectivity index (χ1n) is 7.80. The maximum Gasteiger partial charge on any atom is 0.286 e. The van der Waals surface area contributed by atoms with Gasteiger partial charge in [-0.25, -0.2) is 14.4 Å². The first kappa shape index (κ1) is 16.5. The Morgan fingerprint density at radius 1 is 1.19 bits per heavy atom. The van der Waals surface area contributed by atoms with E-state index >= 15 is 0 Å². The second-order valence-corrected chi connectivity index (χ2v) is 6.20. The van der Waals surface area contributed by atoms with Gasteiger partial charge in [0.1, 0.15) is 0 Å². The largest absolute Gasteiger partial charge is 0.454 e. The number of aromatic nitrogens is 3. The van der Waals surface area contributed by atoms with E-state index < -0.39 is 11.4 Å². The molecule has 4 rings (SSSR count). The molecule has 1 aliphatic heterocycles. The molecule has 26 heavy (non-hydrogen) atoms. The predicted molar refractivity (Wildman–Crippen MR) is 93.1 cm³/mol. The third-order valence-electron chi connectivity index (χ3n) is 3.95. The van der Waals surface area contributed by atoms with Crippen molar-refractivity contribution in [1.82, 2.24) is 14.5 Å². The van der Waals surface area contributed by atoms with Gasteiger partial charge in [-0.15, -0.1) is 0 Å². The second-order valence-electron chi connectivity index (χ2n) is 5.86. The van der Waals surface area contributed by atoms with Gasteiger partial charge >= 0.3 is 0 Å². The Hall–Kier alpha value is -2.93. The number of rotatable bonds is 3. The van der Waals surface area contributed by atoms with Gasteiger partial charge in [-0.1, -0.05) is 6.07 Å². The zero-order valence-corrected chi connectivity index (χ0v) is 14.5. The van der Waals surface area contributed by atoms with Crippen LogP contribution in [0.2, 0.25) is 5.28 Å². The highest BCUT2D eigenvalue weighted by Gasteiger charge is 2.15. The van der Waals surface area contributed by atoms with Crippen LogP contribution in [-0.4, -0.2) is 21.3 Å². The summed E-state index contributed by atoms with van der Waals surface area (Å²) in [6.07, 6.45) is 1.55. The van der Waals surface area contributed by atoms with E-state index in [0.717, 1.165) is 11.6 Å². The van der Waals surface area contributed by atoms with Crippen molar-refractivity contribution in [3.8, 4) is 22.8 Å². The zero-order valence-electron chi connectivity index (χ0n) is 13.7. The lowest BCUT2D eigenvalue weighted by atomic mass is 10.1. The Morgan fingerprint density at radius 3 is 2.81 bits per heavy atom. The summed E-state index contributed by atoms with van der Waals surface area (Å²) < 4.78 is 26.1. The second kappa shape index (κ2) is 6.42. The molecule has 1 aliphatic rings. The van der Waals surface area contributed by atoms with Crippen molar-refractivity contribution in [2.24, 2.45) is 0 Å². The molecule has 6 nitrogen and oxygen atoms in total. The first-order valence-corrected chi connectivity index (χ1v) is 8.17. The monoisotopic (exact) mass is 373 g/mol. The van der Waals surface area contributed by atoms with Gasteiger partial charge < -0.3 is 14.0 Å². The lowest BCUT2D eigenvalue weighted by Crippen LogP contribution is -2.23. The van der Waals surface area contributed by atoms with Crippen molar-refractivity contribution in [3.63, 3.8) is 0 Å². The molecule has 0 saturated carbocycles. The van der Waals surface area contributed by atoms with Crippen molar-refractivity contribution >= 4 is 11.6 Å². The Labute approximate surface area is 152 Å². The normalized spacial score (nSPS) is 12.4. The molecule has 1 aromatic carbocycles. The van der Waals surface area contributed by atoms with Crippen LogP contribution >= 0.6 is 11.6 Å².